The zero-order valence-corrected chi connectivity index (χ0v) is 13.4. The topological polar surface area (TPSA) is 21.6 Å². The lowest BCUT2D eigenvalue weighted by atomic mass is 10.1. The maximum atomic E-state index is 5.57. The van der Waals surface area contributed by atoms with E-state index in [1.54, 1.807) is 0 Å². The van der Waals surface area contributed by atoms with Crippen LogP contribution in [0.5, 0.6) is 0 Å². The van der Waals surface area contributed by atoms with Gasteiger partial charge in [0.1, 0.15) is 6.61 Å². The largest absolute Gasteiger partial charge is 0.391 e. The Bertz CT molecular complexity index is 603. The van der Waals surface area contributed by atoms with Gasteiger partial charge in [-0.05, 0) is 48.4 Å². The Balaban J connectivity index is 1.69. The molecule has 1 aliphatic rings. The molecule has 1 aliphatic carbocycles. The molecule has 2 aromatic rings. The van der Waals surface area contributed by atoms with E-state index in [9.17, 15) is 0 Å². The molecule has 21 heavy (non-hydrogen) atoms. The van der Waals surface area contributed by atoms with E-state index in [1.807, 2.05) is 18.2 Å². The zero-order chi connectivity index (χ0) is 14.5. The van der Waals surface area contributed by atoms with Crippen LogP contribution >= 0.6 is 15.9 Å². The monoisotopic (exact) mass is 343 g/mol. The van der Waals surface area contributed by atoms with Crippen molar-refractivity contribution in [2.24, 2.45) is 11.1 Å². The third-order valence-corrected chi connectivity index (χ3v) is 4.13. The second kappa shape index (κ2) is 6.90. The van der Waals surface area contributed by atoms with Crippen LogP contribution in [0.15, 0.2) is 64.2 Å². The van der Waals surface area contributed by atoms with Crippen LogP contribution in [0, 0.1) is 5.92 Å². The van der Waals surface area contributed by atoms with E-state index in [0.29, 0.717) is 6.61 Å². The van der Waals surface area contributed by atoms with Gasteiger partial charge in [-0.1, -0.05) is 63.6 Å². The van der Waals surface area contributed by atoms with Crippen LogP contribution in [0.3, 0.4) is 0 Å². The van der Waals surface area contributed by atoms with E-state index in [2.05, 4.69) is 57.5 Å². The summed E-state index contributed by atoms with van der Waals surface area (Å²) in [5.41, 5.74) is 3.35. The van der Waals surface area contributed by atoms with Crippen molar-refractivity contribution in [2.45, 2.75) is 25.9 Å². The van der Waals surface area contributed by atoms with Crippen molar-refractivity contribution in [1.29, 1.82) is 0 Å². The number of benzene rings is 2. The second-order valence-corrected chi connectivity index (χ2v) is 6.37. The number of rotatable bonds is 6. The lowest BCUT2D eigenvalue weighted by Gasteiger charge is -2.07. The molecule has 2 nitrogen and oxygen atoms in total. The summed E-state index contributed by atoms with van der Waals surface area (Å²) in [5.74, 6) is 0.785. The summed E-state index contributed by atoms with van der Waals surface area (Å²) in [7, 11) is 0. The molecule has 3 rings (SSSR count). The average Bonchev–Trinajstić information content (AvgIpc) is 3.32. The number of hydrogen-bond donors (Lipinski definition) is 0. The molecule has 0 spiro atoms. The first-order valence-corrected chi connectivity index (χ1v) is 8.09. The SMILES string of the molecule is Brc1ccc(C(CC2CC2)=NOCc2ccccc2)cc1. The van der Waals surface area contributed by atoms with E-state index < -0.39 is 0 Å². The molecule has 0 amide bonds. The van der Waals surface area contributed by atoms with Gasteiger partial charge in [-0.2, -0.15) is 0 Å². The predicted molar refractivity (Wildman–Crippen MR) is 89.3 cm³/mol. The standard InChI is InChI=1S/C18H18BrNO/c19-17-10-8-16(9-11-17)18(12-14-6-7-14)20-21-13-15-4-2-1-3-5-15/h1-5,8-11,14H,6-7,12-13H2. The molecule has 0 heterocycles. The molecule has 1 fully saturated rings. The highest BCUT2D eigenvalue weighted by atomic mass is 79.9. The molecular weight excluding hydrogens is 326 g/mol. The van der Waals surface area contributed by atoms with E-state index in [4.69, 9.17) is 4.84 Å². The Hall–Kier alpha value is -1.61. The Morgan fingerprint density at radius 3 is 2.43 bits per heavy atom. The molecular formula is C18H18BrNO. The van der Waals surface area contributed by atoms with Crippen molar-refractivity contribution < 1.29 is 4.84 Å². The molecule has 108 valence electrons. The van der Waals surface area contributed by atoms with Gasteiger partial charge in [0.25, 0.3) is 0 Å². The van der Waals surface area contributed by atoms with Gasteiger partial charge < -0.3 is 4.84 Å². The van der Waals surface area contributed by atoms with Crippen LogP contribution in [0.25, 0.3) is 0 Å². The van der Waals surface area contributed by atoms with Crippen molar-refractivity contribution in [3.63, 3.8) is 0 Å². The van der Waals surface area contributed by atoms with Crippen molar-refractivity contribution in [1.82, 2.24) is 0 Å². The maximum Gasteiger partial charge on any atom is 0.142 e. The van der Waals surface area contributed by atoms with Gasteiger partial charge in [0.05, 0.1) is 5.71 Å². The predicted octanol–water partition coefficient (Wildman–Crippen LogP) is 5.17. The zero-order valence-electron chi connectivity index (χ0n) is 11.8. The minimum Gasteiger partial charge on any atom is -0.391 e. The fraction of sp³-hybridized carbons (Fsp3) is 0.278. The van der Waals surface area contributed by atoms with Gasteiger partial charge in [-0.3, -0.25) is 0 Å². The van der Waals surface area contributed by atoms with Crippen LogP contribution in [0.2, 0.25) is 0 Å². The molecule has 0 N–H and O–H groups in total. The van der Waals surface area contributed by atoms with Gasteiger partial charge in [-0.25, -0.2) is 0 Å². The highest BCUT2D eigenvalue weighted by molar-refractivity contribution is 9.10. The molecule has 1 saturated carbocycles. The lowest BCUT2D eigenvalue weighted by Crippen LogP contribution is -2.03. The number of halogens is 1. The summed E-state index contributed by atoms with van der Waals surface area (Å²) >= 11 is 3.47. The quantitative estimate of drug-likeness (QED) is 0.523. The maximum absolute atomic E-state index is 5.57. The number of hydrogen-bond acceptors (Lipinski definition) is 2. The highest BCUT2D eigenvalue weighted by Crippen LogP contribution is 2.34. The summed E-state index contributed by atoms with van der Waals surface area (Å²) in [6, 6.07) is 18.4. The van der Waals surface area contributed by atoms with Gasteiger partial charge in [0, 0.05) is 4.47 Å². The molecule has 0 saturated heterocycles. The third-order valence-electron chi connectivity index (χ3n) is 3.61. The van der Waals surface area contributed by atoms with E-state index in [0.717, 1.165) is 33.7 Å². The smallest absolute Gasteiger partial charge is 0.142 e. The Morgan fingerprint density at radius 1 is 1.05 bits per heavy atom. The van der Waals surface area contributed by atoms with E-state index in [1.165, 1.54) is 12.8 Å². The van der Waals surface area contributed by atoms with Gasteiger partial charge in [-0.15, -0.1) is 0 Å². The first kappa shape index (κ1) is 14.3. The average molecular weight is 344 g/mol. The molecule has 0 bridgehead atoms. The first-order valence-electron chi connectivity index (χ1n) is 7.30. The third kappa shape index (κ3) is 4.43. The summed E-state index contributed by atoms with van der Waals surface area (Å²) < 4.78 is 1.09. The normalized spacial score (nSPS) is 15.0. The van der Waals surface area contributed by atoms with Crippen molar-refractivity contribution in [3.8, 4) is 0 Å². The molecule has 0 atom stereocenters. The number of oxime groups is 1. The van der Waals surface area contributed by atoms with Crippen LogP contribution < -0.4 is 0 Å². The Kier molecular flexibility index (Phi) is 4.71. The van der Waals surface area contributed by atoms with Crippen LogP contribution in [-0.2, 0) is 11.4 Å². The summed E-state index contributed by atoms with van der Waals surface area (Å²) in [6.07, 6.45) is 3.64. The summed E-state index contributed by atoms with van der Waals surface area (Å²) in [4.78, 5) is 5.57. The van der Waals surface area contributed by atoms with Crippen LogP contribution in [0.1, 0.15) is 30.4 Å². The minimum absolute atomic E-state index is 0.519. The van der Waals surface area contributed by atoms with Crippen LogP contribution in [0.4, 0.5) is 0 Å². The second-order valence-electron chi connectivity index (χ2n) is 5.45. The lowest BCUT2D eigenvalue weighted by molar-refractivity contribution is 0.130. The van der Waals surface area contributed by atoms with E-state index in [-0.39, 0.29) is 0 Å². The van der Waals surface area contributed by atoms with Gasteiger partial charge in [0.2, 0.25) is 0 Å². The van der Waals surface area contributed by atoms with Crippen molar-refractivity contribution in [2.75, 3.05) is 0 Å². The molecule has 2 aromatic carbocycles. The molecule has 0 unspecified atom stereocenters. The molecule has 0 aliphatic heterocycles. The Labute approximate surface area is 134 Å². The van der Waals surface area contributed by atoms with Crippen molar-refractivity contribution >= 4 is 21.6 Å². The van der Waals surface area contributed by atoms with Gasteiger partial charge in [0.15, 0.2) is 0 Å². The van der Waals surface area contributed by atoms with Crippen molar-refractivity contribution in [3.05, 3.63) is 70.2 Å². The molecule has 3 heteroatoms. The minimum atomic E-state index is 0.519. The Morgan fingerprint density at radius 2 is 1.76 bits per heavy atom. The molecule has 0 radical (unpaired) electrons. The van der Waals surface area contributed by atoms with Gasteiger partial charge >= 0.3 is 0 Å². The fourth-order valence-electron chi connectivity index (χ4n) is 2.20. The first-order chi connectivity index (χ1) is 10.3. The summed E-state index contributed by atoms with van der Waals surface area (Å²) in [6.45, 7) is 0.519. The summed E-state index contributed by atoms with van der Waals surface area (Å²) in [5, 5.41) is 4.40. The number of nitrogens with zero attached hydrogens (tertiary/aromatic N) is 1. The molecule has 0 aromatic heterocycles. The highest BCUT2D eigenvalue weighted by Gasteiger charge is 2.24. The van der Waals surface area contributed by atoms with E-state index >= 15 is 0 Å². The fourth-order valence-corrected chi connectivity index (χ4v) is 2.47. The van der Waals surface area contributed by atoms with Crippen LogP contribution in [-0.4, -0.2) is 5.71 Å².